The SMILES string of the molecule is Cc1ccc(Cl)c(OCc2csc(C(=O)Nc3c(C)nn(Cn4nc(C)c(Br)c4C)c3C)c2)c1. The highest BCUT2D eigenvalue weighted by Gasteiger charge is 2.18. The van der Waals surface area contributed by atoms with Crippen molar-refractivity contribution in [2.24, 2.45) is 0 Å². The first-order valence-electron chi connectivity index (χ1n) is 10.6. The van der Waals surface area contributed by atoms with Crippen molar-refractivity contribution in [3.8, 4) is 5.75 Å². The molecule has 0 spiro atoms. The van der Waals surface area contributed by atoms with Crippen LogP contribution in [0.5, 0.6) is 5.75 Å². The fourth-order valence-electron chi connectivity index (χ4n) is 3.58. The van der Waals surface area contributed by atoms with Crippen molar-refractivity contribution in [3.05, 3.63) is 77.9 Å². The second-order valence-corrected chi connectivity index (χ2v) is 10.3. The molecule has 178 valence electrons. The zero-order valence-electron chi connectivity index (χ0n) is 19.6. The molecular weight excluding hydrogens is 538 g/mol. The summed E-state index contributed by atoms with van der Waals surface area (Å²) in [5.74, 6) is 0.455. The molecule has 0 aliphatic heterocycles. The molecule has 1 amide bonds. The van der Waals surface area contributed by atoms with Crippen LogP contribution in [0, 0.1) is 34.6 Å². The van der Waals surface area contributed by atoms with E-state index < -0.39 is 0 Å². The number of amides is 1. The Balaban J connectivity index is 1.44. The Labute approximate surface area is 215 Å². The molecule has 4 rings (SSSR count). The van der Waals surface area contributed by atoms with Crippen LogP contribution in [0.2, 0.25) is 5.02 Å². The van der Waals surface area contributed by atoms with Crippen LogP contribution in [0.4, 0.5) is 5.69 Å². The lowest BCUT2D eigenvalue weighted by molar-refractivity contribution is 0.103. The van der Waals surface area contributed by atoms with Crippen molar-refractivity contribution in [2.45, 2.75) is 47.9 Å². The van der Waals surface area contributed by atoms with Crippen molar-refractivity contribution in [3.63, 3.8) is 0 Å². The predicted octanol–water partition coefficient (Wildman–Crippen LogP) is 6.44. The standard InChI is InChI=1S/C24H25BrClN5O2S/c1-13-6-7-19(26)20(8-13)33-10-18-9-21(34-11-18)24(32)27-23-15(3)29-31(17(23)5)12-30-16(4)22(25)14(2)28-30/h6-9,11H,10,12H2,1-5H3,(H,27,32). The summed E-state index contributed by atoms with van der Waals surface area (Å²) >= 11 is 11.1. The van der Waals surface area contributed by atoms with Crippen LogP contribution in [0.25, 0.3) is 0 Å². The molecule has 1 N–H and O–H groups in total. The van der Waals surface area contributed by atoms with Crippen LogP contribution in [0.15, 0.2) is 34.1 Å². The maximum atomic E-state index is 13.0. The number of ether oxygens (including phenoxy) is 1. The molecular formula is C24H25BrClN5O2S. The van der Waals surface area contributed by atoms with Crippen LogP contribution in [-0.2, 0) is 13.3 Å². The van der Waals surface area contributed by atoms with E-state index in [1.807, 2.05) is 73.6 Å². The van der Waals surface area contributed by atoms with Crippen LogP contribution in [0.3, 0.4) is 0 Å². The number of rotatable bonds is 7. The normalized spacial score (nSPS) is 11.1. The van der Waals surface area contributed by atoms with E-state index in [0.29, 0.717) is 34.6 Å². The van der Waals surface area contributed by atoms with Gasteiger partial charge in [0, 0.05) is 5.56 Å². The van der Waals surface area contributed by atoms with E-state index in [4.69, 9.17) is 16.3 Å². The first kappa shape index (κ1) is 24.5. The number of aryl methyl sites for hydroxylation is 3. The summed E-state index contributed by atoms with van der Waals surface area (Å²) in [6.45, 7) is 10.6. The number of carbonyl (C=O) groups excluding carboxylic acids is 1. The van der Waals surface area contributed by atoms with Gasteiger partial charge in [0.05, 0.1) is 42.8 Å². The maximum Gasteiger partial charge on any atom is 0.265 e. The Hall–Kier alpha value is -2.62. The number of carbonyl (C=O) groups is 1. The van der Waals surface area contributed by atoms with Gasteiger partial charge in [-0.05, 0) is 79.7 Å². The quantitative estimate of drug-likeness (QED) is 0.281. The summed E-state index contributed by atoms with van der Waals surface area (Å²) in [6.07, 6.45) is 0. The number of halogens is 2. The van der Waals surface area contributed by atoms with Crippen LogP contribution in [0.1, 0.15) is 43.6 Å². The number of thiophene rings is 1. The summed E-state index contributed by atoms with van der Waals surface area (Å²) in [4.78, 5) is 13.6. The topological polar surface area (TPSA) is 74.0 Å². The molecule has 0 aliphatic carbocycles. The number of hydrogen-bond donors (Lipinski definition) is 1. The van der Waals surface area contributed by atoms with Gasteiger partial charge in [-0.15, -0.1) is 11.3 Å². The molecule has 4 aromatic rings. The minimum Gasteiger partial charge on any atom is -0.487 e. The summed E-state index contributed by atoms with van der Waals surface area (Å²) in [7, 11) is 0. The lowest BCUT2D eigenvalue weighted by Gasteiger charge is -2.08. The van der Waals surface area contributed by atoms with E-state index in [9.17, 15) is 4.79 Å². The molecule has 0 aliphatic rings. The Morgan fingerprint density at radius 3 is 2.50 bits per heavy atom. The lowest BCUT2D eigenvalue weighted by Crippen LogP contribution is -2.15. The number of nitrogens with one attached hydrogen (secondary N) is 1. The Morgan fingerprint density at radius 1 is 1.09 bits per heavy atom. The zero-order chi connectivity index (χ0) is 24.6. The van der Waals surface area contributed by atoms with E-state index in [1.165, 1.54) is 11.3 Å². The Bertz CT molecular complexity index is 1370. The molecule has 10 heteroatoms. The van der Waals surface area contributed by atoms with E-state index in [-0.39, 0.29) is 5.91 Å². The predicted molar refractivity (Wildman–Crippen MR) is 139 cm³/mol. The molecule has 7 nitrogen and oxygen atoms in total. The molecule has 0 saturated heterocycles. The minimum absolute atomic E-state index is 0.176. The molecule has 0 unspecified atom stereocenters. The van der Waals surface area contributed by atoms with Gasteiger partial charge in [0.15, 0.2) is 0 Å². The van der Waals surface area contributed by atoms with Gasteiger partial charge < -0.3 is 10.1 Å². The third-order valence-corrected chi connectivity index (χ3v) is 7.98. The number of benzene rings is 1. The molecule has 0 saturated carbocycles. The van der Waals surface area contributed by atoms with Crippen molar-refractivity contribution >= 4 is 50.5 Å². The van der Waals surface area contributed by atoms with Crippen molar-refractivity contribution < 1.29 is 9.53 Å². The van der Waals surface area contributed by atoms with Gasteiger partial charge in [0.1, 0.15) is 19.0 Å². The second kappa shape index (κ2) is 9.93. The molecule has 0 fully saturated rings. The highest BCUT2D eigenvalue weighted by atomic mass is 79.9. The van der Waals surface area contributed by atoms with E-state index in [0.717, 1.165) is 38.4 Å². The minimum atomic E-state index is -0.176. The third-order valence-electron chi connectivity index (χ3n) is 5.54. The smallest absolute Gasteiger partial charge is 0.265 e. The first-order valence-corrected chi connectivity index (χ1v) is 12.7. The van der Waals surface area contributed by atoms with Crippen LogP contribution in [-0.4, -0.2) is 25.5 Å². The maximum absolute atomic E-state index is 13.0. The summed E-state index contributed by atoms with van der Waals surface area (Å²) in [5.41, 5.74) is 6.26. The van der Waals surface area contributed by atoms with E-state index in [2.05, 4.69) is 31.4 Å². The highest BCUT2D eigenvalue weighted by molar-refractivity contribution is 9.10. The summed E-state index contributed by atoms with van der Waals surface area (Å²) in [6, 6.07) is 7.49. The fourth-order valence-corrected chi connectivity index (χ4v) is 4.83. The van der Waals surface area contributed by atoms with E-state index >= 15 is 0 Å². The monoisotopic (exact) mass is 561 g/mol. The van der Waals surface area contributed by atoms with Gasteiger partial charge in [-0.2, -0.15) is 10.2 Å². The Kier molecular flexibility index (Phi) is 7.16. The van der Waals surface area contributed by atoms with Crippen molar-refractivity contribution in [2.75, 3.05) is 5.32 Å². The molecule has 3 aromatic heterocycles. The van der Waals surface area contributed by atoms with Gasteiger partial charge >= 0.3 is 0 Å². The van der Waals surface area contributed by atoms with Gasteiger partial charge in [-0.3, -0.25) is 4.79 Å². The number of aromatic nitrogens is 4. The van der Waals surface area contributed by atoms with Gasteiger partial charge in [0.2, 0.25) is 0 Å². The summed E-state index contributed by atoms with van der Waals surface area (Å²) < 4.78 is 10.6. The lowest BCUT2D eigenvalue weighted by atomic mass is 10.2. The number of hydrogen-bond acceptors (Lipinski definition) is 5. The van der Waals surface area contributed by atoms with E-state index in [1.54, 1.807) is 0 Å². The van der Waals surface area contributed by atoms with Crippen molar-refractivity contribution in [1.29, 1.82) is 0 Å². The number of anilines is 1. The molecule has 34 heavy (non-hydrogen) atoms. The average Bonchev–Trinajstić information content (AvgIpc) is 3.45. The zero-order valence-corrected chi connectivity index (χ0v) is 22.7. The first-order chi connectivity index (χ1) is 16.1. The van der Waals surface area contributed by atoms with Crippen LogP contribution >= 0.6 is 38.9 Å². The largest absolute Gasteiger partial charge is 0.487 e. The van der Waals surface area contributed by atoms with Gasteiger partial charge in [0.25, 0.3) is 5.91 Å². The van der Waals surface area contributed by atoms with Crippen LogP contribution < -0.4 is 10.1 Å². The Morgan fingerprint density at radius 2 is 1.79 bits per heavy atom. The third kappa shape index (κ3) is 5.06. The number of nitrogens with zero attached hydrogens (tertiary/aromatic N) is 4. The molecule has 1 aromatic carbocycles. The molecule has 0 atom stereocenters. The molecule has 3 heterocycles. The molecule has 0 bridgehead atoms. The molecule has 0 radical (unpaired) electrons. The fraction of sp³-hybridized carbons (Fsp3) is 0.292. The van der Waals surface area contributed by atoms with Gasteiger partial charge in [-0.25, -0.2) is 9.36 Å². The summed E-state index contributed by atoms with van der Waals surface area (Å²) in [5, 5.41) is 14.7. The second-order valence-electron chi connectivity index (χ2n) is 8.17. The van der Waals surface area contributed by atoms with Gasteiger partial charge in [-0.1, -0.05) is 17.7 Å². The van der Waals surface area contributed by atoms with Crippen molar-refractivity contribution in [1.82, 2.24) is 19.6 Å². The highest BCUT2D eigenvalue weighted by Crippen LogP contribution is 2.28. The average molecular weight is 563 g/mol.